The topological polar surface area (TPSA) is 70.7 Å². The summed E-state index contributed by atoms with van der Waals surface area (Å²) in [7, 11) is 0. The zero-order chi connectivity index (χ0) is 19.2. The Morgan fingerprint density at radius 1 is 1.37 bits per heavy atom. The van der Waals surface area contributed by atoms with Gasteiger partial charge < -0.3 is 20.3 Å². The summed E-state index contributed by atoms with van der Waals surface area (Å²) in [6.45, 7) is 4.45. The molecule has 0 saturated carbocycles. The first kappa shape index (κ1) is 19.6. The molecular formula is C20H28FN3O3. The highest BCUT2D eigenvalue weighted by Crippen LogP contribution is 2.19. The third-order valence-corrected chi connectivity index (χ3v) is 5.23. The molecule has 3 unspecified atom stereocenters. The van der Waals surface area contributed by atoms with Gasteiger partial charge in [-0.05, 0) is 57.2 Å². The predicted octanol–water partition coefficient (Wildman–Crippen LogP) is 1.70. The van der Waals surface area contributed by atoms with Crippen LogP contribution in [0.4, 0.5) is 4.39 Å². The maximum Gasteiger partial charge on any atom is 0.263 e. The van der Waals surface area contributed by atoms with E-state index in [1.807, 2.05) is 0 Å². The van der Waals surface area contributed by atoms with Crippen LogP contribution in [0, 0.1) is 11.7 Å². The van der Waals surface area contributed by atoms with Gasteiger partial charge in [-0.25, -0.2) is 4.39 Å². The molecule has 3 rings (SSSR count). The minimum Gasteiger partial charge on any atom is -0.481 e. The molecule has 1 aromatic rings. The van der Waals surface area contributed by atoms with E-state index in [9.17, 15) is 14.0 Å². The van der Waals surface area contributed by atoms with Gasteiger partial charge in [0.05, 0.1) is 6.04 Å². The number of hydrogen-bond donors (Lipinski definition) is 2. The number of likely N-dealkylation sites (tertiary alicyclic amines) is 1. The Kier molecular flexibility index (Phi) is 6.66. The lowest BCUT2D eigenvalue weighted by molar-refractivity contribution is -0.139. The fourth-order valence-electron chi connectivity index (χ4n) is 3.76. The van der Waals surface area contributed by atoms with E-state index in [1.54, 1.807) is 24.0 Å². The molecule has 6 nitrogen and oxygen atoms in total. The van der Waals surface area contributed by atoms with Gasteiger partial charge in [-0.1, -0.05) is 6.07 Å². The van der Waals surface area contributed by atoms with Crippen LogP contribution in [-0.4, -0.2) is 55.0 Å². The number of nitrogens with one attached hydrogen (secondary N) is 2. The van der Waals surface area contributed by atoms with Gasteiger partial charge in [0.2, 0.25) is 5.91 Å². The van der Waals surface area contributed by atoms with Crippen molar-refractivity contribution in [1.29, 1.82) is 0 Å². The highest BCUT2D eigenvalue weighted by molar-refractivity contribution is 5.82. The summed E-state index contributed by atoms with van der Waals surface area (Å²) in [5.41, 5.74) is 0. The van der Waals surface area contributed by atoms with E-state index in [4.69, 9.17) is 4.74 Å². The zero-order valence-corrected chi connectivity index (χ0v) is 15.7. The van der Waals surface area contributed by atoms with Gasteiger partial charge in [-0.15, -0.1) is 0 Å². The number of carbonyl (C=O) groups excluding carboxylic acids is 2. The normalized spacial score (nSPS) is 23.7. The van der Waals surface area contributed by atoms with Crippen LogP contribution in [0.3, 0.4) is 0 Å². The first-order chi connectivity index (χ1) is 13.0. The lowest BCUT2D eigenvalue weighted by Gasteiger charge is -2.34. The Morgan fingerprint density at radius 3 is 2.96 bits per heavy atom. The molecule has 7 heteroatoms. The molecule has 0 aromatic heterocycles. The lowest BCUT2D eigenvalue weighted by Crippen LogP contribution is -2.49. The molecule has 3 atom stereocenters. The van der Waals surface area contributed by atoms with E-state index in [1.165, 1.54) is 12.1 Å². The summed E-state index contributed by atoms with van der Waals surface area (Å²) in [5, 5.41) is 6.21. The van der Waals surface area contributed by atoms with Gasteiger partial charge >= 0.3 is 0 Å². The van der Waals surface area contributed by atoms with Crippen LogP contribution in [0.5, 0.6) is 5.75 Å². The quantitative estimate of drug-likeness (QED) is 0.792. The monoisotopic (exact) mass is 377 g/mol. The summed E-state index contributed by atoms with van der Waals surface area (Å²) in [4.78, 5) is 26.6. The standard InChI is InChI=1S/C20H28FN3O3/c1-14(27-17-7-2-6-16(21)11-17)20(26)24-10-4-5-15(13-24)12-23-19(25)18-8-3-9-22-18/h2,6-7,11,14-15,18,22H,3-5,8-10,12-13H2,1H3,(H,23,25). The number of benzene rings is 1. The van der Waals surface area contributed by atoms with Crippen LogP contribution in [0.25, 0.3) is 0 Å². The van der Waals surface area contributed by atoms with Crippen molar-refractivity contribution in [2.45, 2.75) is 44.8 Å². The zero-order valence-electron chi connectivity index (χ0n) is 15.7. The average molecular weight is 377 g/mol. The Bertz CT molecular complexity index is 664. The Morgan fingerprint density at radius 2 is 2.22 bits per heavy atom. The van der Waals surface area contributed by atoms with Gasteiger partial charge in [0.15, 0.2) is 6.10 Å². The van der Waals surface area contributed by atoms with Crippen molar-refractivity contribution in [2.75, 3.05) is 26.2 Å². The number of hydrogen-bond acceptors (Lipinski definition) is 4. The maximum absolute atomic E-state index is 13.3. The van der Waals surface area contributed by atoms with Gasteiger partial charge in [-0.3, -0.25) is 9.59 Å². The van der Waals surface area contributed by atoms with Crippen molar-refractivity contribution in [3.05, 3.63) is 30.1 Å². The van der Waals surface area contributed by atoms with Crippen molar-refractivity contribution in [1.82, 2.24) is 15.5 Å². The number of nitrogens with zero attached hydrogens (tertiary/aromatic N) is 1. The number of rotatable bonds is 6. The van der Waals surface area contributed by atoms with Crippen LogP contribution in [0.1, 0.15) is 32.6 Å². The molecule has 2 saturated heterocycles. The van der Waals surface area contributed by atoms with Gasteiger partial charge in [-0.2, -0.15) is 0 Å². The van der Waals surface area contributed by atoms with Gasteiger partial charge in [0.25, 0.3) is 5.91 Å². The van der Waals surface area contributed by atoms with Crippen molar-refractivity contribution in [2.24, 2.45) is 5.92 Å². The molecule has 1 aromatic carbocycles. The smallest absolute Gasteiger partial charge is 0.263 e. The average Bonchev–Trinajstić information content (AvgIpc) is 3.20. The SMILES string of the molecule is CC(Oc1cccc(F)c1)C(=O)N1CCCC(CNC(=O)C2CCCN2)C1. The van der Waals surface area contributed by atoms with Crippen molar-refractivity contribution >= 4 is 11.8 Å². The Hall–Kier alpha value is -2.15. The van der Waals surface area contributed by atoms with Crippen LogP contribution in [0.15, 0.2) is 24.3 Å². The number of carbonyl (C=O) groups is 2. The molecule has 2 aliphatic heterocycles. The summed E-state index contributed by atoms with van der Waals surface area (Å²) >= 11 is 0. The minimum absolute atomic E-state index is 0.0544. The second-order valence-electron chi connectivity index (χ2n) is 7.40. The van der Waals surface area contributed by atoms with Crippen LogP contribution in [-0.2, 0) is 9.59 Å². The van der Waals surface area contributed by atoms with Crippen LogP contribution < -0.4 is 15.4 Å². The minimum atomic E-state index is -0.678. The molecule has 2 N–H and O–H groups in total. The Balaban J connectivity index is 1.47. The van der Waals surface area contributed by atoms with Crippen molar-refractivity contribution in [3.63, 3.8) is 0 Å². The number of piperidine rings is 1. The summed E-state index contributed by atoms with van der Waals surface area (Å²) in [5.74, 6) is 0.152. The fraction of sp³-hybridized carbons (Fsp3) is 0.600. The Labute approximate surface area is 159 Å². The molecule has 27 heavy (non-hydrogen) atoms. The summed E-state index contributed by atoms with van der Waals surface area (Å²) < 4.78 is 18.9. The molecule has 2 amide bonds. The third-order valence-electron chi connectivity index (χ3n) is 5.23. The largest absolute Gasteiger partial charge is 0.481 e. The second-order valence-corrected chi connectivity index (χ2v) is 7.40. The molecule has 0 spiro atoms. The van der Waals surface area contributed by atoms with E-state index >= 15 is 0 Å². The molecular weight excluding hydrogens is 349 g/mol. The number of halogens is 1. The van der Waals surface area contributed by atoms with E-state index in [0.29, 0.717) is 25.4 Å². The second kappa shape index (κ2) is 9.17. The number of ether oxygens (including phenoxy) is 1. The van der Waals surface area contributed by atoms with Crippen LogP contribution >= 0.6 is 0 Å². The van der Waals surface area contributed by atoms with E-state index < -0.39 is 11.9 Å². The molecule has 148 valence electrons. The maximum atomic E-state index is 13.3. The molecule has 2 aliphatic rings. The molecule has 2 fully saturated rings. The molecule has 0 aliphatic carbocycles. The van der Waals surface area contributed by atoms with Crippen molar-refractivity contribution < 1.29 is 18.7 Å². The van der Waals surface area contributed by atoms with Gasteiger partial charge in [0.1, 0.15) is 11.6 Å². The highest BCUT2D eigenvalue weighted by atomic mass is 19.1. The number of amides is 2. The van der Waals surface area contributed by atoms with E-state index in [2.05, 4.69) is 10.6 Å². The van der Waals surface area contributed by atoms with E-state index in [-0.39, 0.29) is 23.8 Å². The summed E-state index contributed by atoms with van der Waals surface area (Å²) in [6, 6.07) is 5.73. The lowest BCUT2D eigenvalue weighted by atomic mass is 9.97. The first-order valence-electron chi connectivity index (χ1n) is 9.75. The molecule has 2 heterocycles. The highest BCUT2D eigenvalue weighted by Gasteiger charge is 2.29. The van der Waals surface area contributed by atoms with Crippen molar-refractivity contribution in [3.8, 4) is 5.75 Å². The molecule has 0 radical (unpaired) electrons. The van der Waals surface area contributed by atoms with Crippen LogP contribution in [0.2, 0.25) is 0 Å². The first-order valence-corrected chi connectivity index (χ1v) is 9.75. The van der Waals surface area contributed by atoms with Gasteiger partial charge in [0, 0.05) is 25.7 Å². The third kappa shape index (κ3) is 5.42. The molecule has 0 bridgehead atoms. The summed E-state index contributed by atoms with van der Waals surface area (Å²) in [6.07, 6.45) is 3.13. The fourth-order valence-corrected chi connectivity index (χ4v) is 3.76. The predicted molar refractivity (Wildman–Crippen MR) is 99.8 cm³/mol. The van der Waals surface area contributed by atoms with E-state index in [0.717, 1.165) is 32.2 Å².